The maximum absolute atomic E-state index is 13.2. The number of unbranched alkanes of at least 4 members (excludes halogenated alkanes) is 1. The highest BCUT2D eigenvalue weighted by Gasteiger charge is 2.37. The van der Waals surface area contributed by atoms with Crippen molar-refractivity contribution in [3.8, 4) is 11.5 Å². The van der Waals surface area contributed by atoms with E-state index in [1.165, 1.54) is 12.1 Å². The summed E-state index contributed by atoms with van der Waals surface area (Å²) in [6.45, 7) is 4.09. The number of ether oxygens (including phenoxy) is 3. The van der Waals surface area contributed by atoms with Crippen molar-refractivity contribution in [2.45, 2.75) is 50.5 Å². The fraction of sp³-hybridized carbons (Fsp3) is 0.341. The zero-order chi connectivity index (χ0) is 39.7. The second-order valence-electron chi connectivity index (χ2n) is 14.6. The summed E-state index contributed by atoms with van der Waals surface area (Å²) in [5.74, 6) is 0.425. The molecule has 1 aromatic heterocycles. The Kier molecular flexibility index (Phi) is 13.1. The number of nitrogens with zero attached hydrogens (tertiary/aromatic N) is 1. The van der Waals surface area contributed by atoms with Crippen LogP contribution < -0.4 is 20.9 Å². The van der Waals surface area contributed by atoms with Gasteiger partial charge in [0.15, 0.2) is 0 Å². The van der Waals surface area contributed by atoms with E-state index >= 15 is 0 Å². The van der Waals surface area contributed by atoms with Crippen LogP contribution in [0.1, 0.15) is 70.4 Å². The summed E-state index contributed by atoms with van der Waals surface area (Å²) >= 11 is 6.41. The molecule has 298 valence electrons. The Morgan fingerprint density at radius 2 is 1.74 bits per heavy atom. The molecule has 2 unspecified atom stereocenters. The number of aliphatic hydroxyl groups excluding tert-OH is 1. The lowest BCUT2D eigenvalue weighted by atomic mass is 9.86. The van der Waals surface area contributed by atoms with Crippen LogP contribution in [-0.2, 0) is 16.1 Å². The summed E-state index contributed by atoms with van der Waals surface area (Å²) in [6.07, 6.45) is 1.99. The quantitative estimate of drug-likeness (QED) is 0.0541. The summed E-state index contributed by atoms with van der Waals surface area (Å²) < 4.78 is 17.7. The SMILES string of the molecule is O=C(N[C@@H](c1ccccc1)c1cccc(OCc2cc(Cl)cc(C(=O)OCCCCNCC(O)c3ccc(O)c4[nH]c(=O)ccc34)c2)c1)OC1CN2CCC1CC2. The normalized spacial score (nSPS) is 18.5. The first-order chi connectivity index (χ1) is 27.7. The van der Waals surface area contributed by atoms with Crippen LogP contribution in [-0.4, -0.2) is 77.6 Å². The fourth-order valence-corrected chi connectivity index (χ4v) is 7.90. The van der Waals surface area contributed by atoms with Crippen molar-refractivity contribution in [2.75, 3.05) is 39.3 Å². The van der Waals surface area contributed by atoms with E-state index in [2.05, 4.69) is 20.5 Å². The molecule has 3 fully saturated rings. The number of hydrogen-bond acceptors (Lipinski definition) is 10. The van der Waals surface area contributed by atoms with Gasteiger partial charge in [-0.1, -0.05) is 60.1 Å². The number of phenols is 1. The van der Waals surface area contributed by atoms with Crippen LogP contribution in [0, 0.1) is 5.92 Å². The average molecular weight is 795 g/mol. The van der Waals surface area contributed by atoms with E-state index in [1.807, 2.05) is 54.6 Å². The highest BCUT2D eigenvalue weighted by atomic mass is 35.5. The number of halogens is 1. The van der Waals surface area contributed by atoms with Crippen LogP contribution in [0.3, 0.4) is 0 Å². The van der Waals surface area contributed by atoms with Crippen molar-refractivity contribution in [1.82, 2.24) is 20.5 Å². The number of carbonyl (C=O) groups excluding carboxylic acids is 2. The Balaban J connectivity index is 0.883. The standard InChI is InChI=1S/C44H47ClN4O8/c45-33-22-28(21-32(23-33)43(53)55-20-5-4-17-46-25-38(51)35-11-13-37(50)42-36(35)12-14-40(52)47-42)27-56-34-10-6-9-31(24-34)41(30-7-2-1-3-8-30)48-44(54)57-39-26-49-18-15-29(39)16-19-49/h1-3,6-14,21-24,29,38-39,41,46,50-51H,4-5,15-20,25-27H2,(H,47,52)(H,48,54)/t38?,39?,41-/m0/s1. The zero-order valence-electron chi connectivity index (χ0n) is 31.5. The minimum Gasteiger partial charge on any atom is -0.506 e. The van der Waals surface area contributed by atoms with Gasteiger partial charge < -0.3 is 40.0 Å². The zero-order valence-corrected chi connectivity index (χ0v) is 32.3. The molecule has 4 aromatic carbocycles. The van der Waals surface area contributed by atoms with Crippen molar-refractivity contribution in [2.24, 2.45) is 5.92 Å². The van der Waals surface area contributed by atoms with Crippen LogP contribution in [0.5, 0.6) is 11.5 Å². The molecule has 0 aliphatic carbocycles. The van der Waals surface area contributed by atoms with Crippen molar-refractivity contribution < 1.29 is 34.0 Å². The highest BCUT2D eigenvalue weighted by Crippen LogP contribution is 2.32. The van der Waals surface area contributed by atoms with Crippen LogP contribution in [0.2, 0.25) is 5.02 Å². The van der Waals surface area contributed by atoms with Gasteiger partial charge in [-0.05, 0) is 116 Å². The second-order valence-corrected chi connectivity index (χ2v) is 15.1. The lowest BCUT2D eigenvalue weighted by Gasteiger charge is -2.43. The number of carbonyl (C=O) groups is 2. The molecular formula is C44H47ClN4O8. The second kappa shape index (κ2) is 18.7. The molecule has 2 bridgehead atoms. The van der Waals surface area contributed by atoms with Gasteiger partial charge in [0, 0.05) is 29.6 Å². The molecule has 13 heteroatoms. The predicted molar refractivity (Wildman–Crippen MR) is 217 cm³/mol. The molecule has 0 spiro atoms. The molecule has 1 amide bonds. The van der Waals surface area contributed by atoms with Crippen LogP contribution in [0.4, 0.5) is 4.79 Å². The van der Waals surface area contributed by atoms with E-state index in [-0.39, 0.29) is 42.7 Å². The number of amides is 1. The Morgan fingerprint density at radius 3 is 2.53 bits per heavy atom. The summed E-state index contributed by atoms with van der Waals surface area (Å²) in [4.78, 5) is 42.8. The van der Waals surface area contributed by atoms with Crippen LogP contribution >= 0.6 is 11.6 Å². The monoisotopic (exact) mass is 794 g/mol. The number of rotatable bonds is 16. The first-order valence-electron chi connectivity index (χ1n) is 19.4. The molecule has 57 heavy (non-hydrogen) atoms. The van der Waals surface area contributed by atoms with E-state index in [1.54, 1.807) is 30.3 Å². The third-order valence-electron chi connectivity index (χ3n) is 10.6. The Bertz CT molecular complexity index is 2230. The number of aromatic nitrogens is 1. The molecule has 3 aliphatic heterocycles. The van der Waals surface area contributed by atoms with Crippen molar-refractivity contribution in [3.63, 3.8) is 0 Å². The number of aromatic amines is 1. The van der Waals surface area contributed by atoms with Crippen LogP contribution in [0.15, 0.2) is 102 Å². The number of phenolic OH excluding ortho intramolecular Hbond substituents is 1. The Hall–Kier alpha value is -5.40. The number of aromatic hydroxyl groups is 1. The van der Waals surface area contributed by atoms with Gasteiger partial charge in [-0.3, -0.25) is 9.69 Å². The van der Waals surface area contributed by atoms with Crippen molar-refractivity contribution >= 4 is 34.6 Å². The first kappa shape index (κ1) is 39.8. The molecule has 5 aromatic rings. The molecule has 3 aliphatic rings. The van der Waals surface area contributed by atoms with Gasteiger partial charge in [-0.15, -0.1) is 0 Å². The molecule has 0 radical (unpaired) electrons. The smallest absolute Gasteiger partial charge is 0.408 e. The van der Waals surface area contributed by atoms with Crippen molar-refractivity contribution in [3.05, 3.63) is 140 Å². The lowest BCUT2D eigenvalue weighted by molar-refractivity contribution is -0.0336. The van der Waals surface area contributed by atoms with E-state index in [4.69, 9.17) is 25.8 Å². The predicted octanol–water partition coefficient (Wildman–Crippen LogP) is 6.64. The largest absolute Gasteiger partial charge is 0.506 e. The molecule has 12 nitrogen and oxygen atoms in total. The van der Waals surface area contributed by atoms with Crippen molar-refractivity contribution in [1.29, 1.82) is 0 Å². The Morgan fingerprint density at radius 1 is 0.930 bits per heavy atom. The third kappa shape index (κ3) is 10.3. The number of benzene rings is 4. The summed E-state index contributed by atoms with van der Waals surface area (Å²) in [6, 6.07) is 27.8. The fourth-order valence-electron chi connectivity index (χ4n) is 7.64. The van der Waals surface area contributed by atoms with Gasteiger partial charge in [-0.2, -0.15) is 0 Å². The minimum absolute atomic E-state index is 0.0630. The van der Waals surface area contributed by atoms with Crippen LogP contribution in [0.25, 0.3) is 10.9 Å². The molecule has 5 N–H and O–H groups in total. The maximum atomic E-state index is 13.2. The van der Waals surface area contributed by atoms with Gasteiger partial charge in [0.05, 0.1) is 29.8 Å². The van der Waals surface area contributed by atoms with Gasteiger partial charge in [-0.25, -0.2) is 9.59 Å². The lowest BCUT2D eigenvalue weighted by Crippen LogP contribution is -2.52. The highest BCUT2D eigenvalue weighted by molar-refractivity contribution is 6.31. The minimum atomic E-state index is -0.861. The van der Waals surface area contributed by atoms with E-state index in [0.29, 0.717) is 58.2 Å². The first-order valence-corrected chi connectivity index (χ1v) is 19.8. The van der Waals surface area contributed by atoms with E-state index in [0.717, 1.165) is 43.6 Å². The number of alkyl carbamates (subject to hydrolysis) is 1. The summed E-state index contributed by atoms with van der Waals surface area (Å²) in [5.41, 5.74) is 3.27. The number of nitrogens with one attached hydrogen (secondary N) is 3. The number of aliphatic hydroxyl groups is 1. The molecule has 3 saturated heterocycles. The van der Waals surface area contributed by atoms with Gasteiger partial charge >= 0.3 is 12.1 Å². The third-order valence-corrected chi connectivity index (χ3v) is 10.8. The number of piperidine rings is 3. The van der Waals surface area contributed by atoms with E-state index in [9.17, 15) is 24.6 Å². The molecular weight excluding hydrogens is 748 g/mol. The number of pyridine rings is 1. The topological polar surface area (TPSA) is 162 Å². The summed E-state index contributed by atoms with van der Waals surface area (Å²) in [7, 11) is 0. The van der Waals surface area contributed by atoms with Gasteiger partial charge in [0.1, 0.15) is 24.2 Å². The summed E-state index contributed by atoms with van der Waals surface area (Å²) in [5, 5.41) is 28.1. The van der Waals surface area contributed by atoms with Gasteiger partial charge in [0.25, 0.3) is 0 Å². The average Bonchev–Trinajstić information content (AvgIpc) is 3.22. The molecule has 8 rings (SSSR count). The number of esters is 1. The Labute approximate surface area is 335 Å². The number of fused-ring (bicyclic) bond motifs is 4. The van der Waals surface area contributed by atoms with E-state index < -0.39 is 24.2 Å². The number of H-pyrrole nitrogens is 1. The van der Waals surface area contributed by atoms with Gasteiger partial charge in [0.2, 0.25) is 5.56 Å². The number of hydrogen-bond donors (Lipinski definition) is 5. The maximum Gasteiger partial charge on any atom is 0.408 e. The molecule has 3 atom stereocenters. The molecule has 0 saturated carbocycles. The molecule has 4 heterocycles.